The van der Waals surface area contributed by atoms with Crippen LogP contribution in [0.25, 0.3) is 0 Å². The molecule has 0 unspecified atom stereocenters. The average Bonchev–Trinajstić information content (AvgIpc) is 2.45. The highest BCUT2D eigenvalue weighted by atomic mass is 16.6. The first-order valence-corrected chi connectivity index (χ1v) is 7.36. The quantitative estimate of drug-likeness (QED) is 0.896. The van der Waals surface area contributed by atoms with Crippen molar-refractivity contribution in [2.75, 3.05) is 19.6 Å². The molecule has 1 aromatic rings. The summed E-state index contributed by atoms with van der Waals surface area (Å²) in [5, 5.41) is 3.20. The zero-order valence-electron chi connectivity index (χ0n) is 13.6. The summed E-state index contributed by atoms with van der Waals surface area (Å²) in [4.78, 5) is 26.6. The van der Waals surface area contributed by atoms with Crippen molar-refractivity contribution in [1.82, 2.24) is 20.2 Å². The second-order valence-corrected chi connectivity index (χ2v) is 6.23. The fourth-order valence-electron chi connectivity index (χ4n) is 1.91. The van der Waals surface area contributed by atoms with E-state index in [1.165, 1.54) is 0 Å². The molecular formula is C15H23N5O2. The topological polar surface area (TPSA) is 79.7 Å². The summed E-state index contributed by atoms with van der Waals surface area (Å²) in [6.07, 6.45) is 3.15. The number of amides is 1. The number of carbonyl (C=O) groups excluding carboxylic acids is 1. The van der Waals surface area contributed by atoms with E-state index in [0.29, 0.717) is 26.2 Å². The first-order chi connectivity index (χ1) is 10.3. The molecule has 2 heterocycles. The Morgan fingerprint density at radius 2 is 2.14 bits per heavy atom. The Morgan fingerprint density at radius 1 is 1.36 bits per heavy atom. The van der Waals surface area contributed by atoms with Crippen LogP contribution in [0.1, 0.15) is 32.2 Å². The van der Waals surface area contributed by atoms with Gasteiger partial charge in [-0.3, -0.25) is 19.9 Å². The molecular weight excluding hydrogens is 282 g/mol. The van der Waals surface area contributed by atoms with Gasteiger partial charge in [0, 0.05) is 12.7 Å². The molecule has 0 bridgehead atoms. The zero-order valence-corrected chi connectivity index (χ0v) is 13.6. The van der Waals surface area contributed by atoms with Crippen LogP contribution in [0, 0.1) is 6.92 Å². The summed E-state index contributed by atoms with van der Waals surface area (Å²) in [5.74, 6) is 0.763. The van der Waals surface area contributed by atoms with Crippen LogP contribution >= 0.6 is 0 Å². The summed E-state index contributed by atoms with van der Waals surface area (Å²) in [7, 11) is 0. The molecule has 0 aromatic carbocycles. The lowest BCUT2D eigenvalue weighted by molar-refractivity contribution is 0.0276. The third-order valence-electron chi connectivity index (χ3n) is 2.97. The van der Waals surface area contributed by atoms with Gasteiger partial charge in [0.25, 0.3) is 0 Å². The molecule has 120 valence electrons. The number of aliphatic imine (C=N–C) groups is 1. The SMILES string of the molecule is Cc1cnc(CNC2=NCCN(C(=O)OC(C)(C)C)C2)cn1. The molecule has 1 aliphatic rings. The highest BCUT2D eigenvalue weighted by molar-refractivity contribution is 5.87. The maximum atomic E-state index is 12.1. The maximum absolute atomic E-state index is 12.1. The molecule has 0 radical (unpaired) electrons. The standard InChI is InChI=1S/C15H23N5O2/c1-11-7-18-12(8-17-11)9-19-13-10-20(6-5-16-13)14(21)22-15(2,3)4/h7-8H,5-6,9-10H2,1-4H3,(H,16,19). The van der Waals surface area contributed by atoms with Crippen LogP contribution in [0.2, 0.25) is 0 Å². The molecule has 1 amide bonds. The minimum Gasteiger partial charge on any atom is -0.444 e. The van der Waals surface area contributed by atoms with Gasteiger partial charge in [-0.25, -0.2) is 4.79 Å². The third kappa shape index (κ3) is 4.98. The predicted octanol–water partition coefficient (Wildman–Crippen LogP) is 1.52. The van der Waals surface area contributed by atoms with Crippen molar-refractivity contribution in [3.05, 3.63) is 23.8 Å². The van der Waals surface area contributed by atoms with E-state index in [9.17, 15) is 4.79 Å². The molecule has 0 saturated carbocycles. The predicted molar refractivity (Wildman–Crippen MR) is 83.7 cm³/mol. The van der Waals surface area contributed by atoms with Crippen LogP contribution < -0.4 is 5.32 Å². The van der Waals surface area contributed by atoms with Crippen LogP contribution in [0.15, 0.2) is 17.4 Å². The molecule has 0 saturated heterocycles. The zero-order chi connectivity index (χ0) is 16.2. The largest absolute Gasteiger partial charge is 0.444 e. The Labute approximate surface area is 130 Å². The molecule has 2 rings (SSSR count). The number of nitrogens with zero attached hydrogens (tertiary/aromatic N) is 4. The van der Waals surface area contributed by atoms with Gasteiger partial charge in [-0.1, -0.05) is 0 Å². The van der Waals surface area contributed by atoms with Gasteiger partial charge in [-0.2, -0.15) is 0 Å². The Kier molecular flexibility index (Phi) is 4.95. The minimum absolute atomic E-state index is 0.308. The van der Waals surface area contributed by atoms with Crippen molar-refractivity contribution in [2.45, 2.75) is 39.8 Å². The number of amidine groups is 1. The lowest BCUT2D eigenvalue weighted by Gasteiger charge is -2.29. The summed E-state index contributed by atoms with van der Waals surface area (Å²) in [5.41, 5.74) is 1.23. The Bertz CT molecular complexity index is 548. The molecule has 0 atom stereocenters. The van der Waals surface area contributed by atoms with Crippen molar-refractivity contribution in [2.24, 2.45) is 4.99 Å². The van der Waals surface area contributed by atoms with Gasteiger partial charge in [-0.15, -0.1) is 0 Å². The number of hydrogen-bond donors (Lipinski definition) is 1. The molecule has 0 spiro atoms. The summed E-state index contributed by atoms with van der Waals surface area (Å²) >= 11 is 0. The van der Waals surface area contributed by atoms with E-state index in [4.69, 9.17) is 4.74 Å². The van der Waals surface area contributed by atoms with Crippen LogP contribution in [0.5, 0.6) is 0 Å². The van der Waals surface area contributed by atoms with Gasteiger partial charge in [-0.05, 0) is 27.7 Å². The second kappa shape index (κ2) is 6.72. The van der Waals surface area contributed by atoms with E-state index in [2.05, 4.69) is 20.3 Å². The van der Waals surface area contributed by atoms with Gasteiger partial charge in [0.2, 0.25) is 0 Å². The number of ether oxygens (including phenoxy) is 1. The van der Waals surface area contributed by atoms with E-state index >= 15 is 0 Å². The third-order valence-corrected chi connectivity index (χ3v) is 2.97. The fourth-order valence-corrected chi connectivity index (χ4v) is 1.91. The van der Waals surface area contributed by atoms with Crippen molar-refractivity contribution in [3.63, 3.8) is 0 Å². The molecule has 0 aliphatic carbocycles. The molecule has 7 heteroatoms. The molecule has 22 heavy (non-hydrogen) atoms. The van der Waals surface area contributed by atoms with E-state index < -0.39 is 5.60 Å². The van der Waals surface area contributed by atoms with Crippen molar-refractivity contribution >= 4 is 11.9 Å². The van der Waals surface area contributed by atoms with Gasteiger partial charge in [0.15, 0.2) is 0 Å². The highest BCUT2D eigenvalue weighted by Crippen LogP contribution is 2.11. The summed E-state index contributed by atoms with van der Waals surface area (Å²) in [6, 6.07) is 0. The van der Waals surface area contributed by atoms with Gasteiger partial charge in [0.05, 0.1) is 37.2 Å². The number of nitrogens with one attached hydrogen (secondary N) is 1. The minimum atomic E-state index is -0.489. The monoisotopic (exact) mass is 305 g/mol. The highest BCUT2D eigenvalue weighted by Gasteiger charge is 2.24. The molecule has 1 N–H and O–H groups in total. The van der Waals surface area contributed by atoms with Crippen LogP contribution in [0.3, 0.4) is 0 Å². The number of aromatic nitrogens is 2. The van der Waals surface area contributed by atoms with Crippen LogP contribution in [0.4, 0.5) is 4.79 Å². The number of rotatable bonds is 2. The van der Waals surface area contributed by atoms with E-state index in [0.717, 1.165) is 17.2 Å². The lowest BCUT2D eigenvalue weighted by Crippen LogP contribution is -2.47. The van der Waals surface area contributed by atoms with E-state index in [1.807, 2.05) is 27.7 Å². The van der Waals surface area contributed by atoms with Gasteiger partial charge < -0.3 is 10.1 Å². The smallest absolute Gasteiger partial charge is 0.410 e. The summed E-state index contributed by atoms with van der Waals surface area (Å²) < 4.78 is 5.38. The molecule has 0 fully saturated rings. The normalized spacial score (nSPS) is 15.3. The fraction of sp³-hybridized carbons (Fsp3) is 0.600. The Morgan fingerprint density at radius 3 is 2.77 bits per heavy atom. The molecule has 1 aromatic heterocycles. The van der Waals surface area contributed by atoms with Gasteiger partial charge in [0.1, 0.15) is 11.4 Å². The number of carbonyl (C=O) groups is 1. The van der Waals surface area contributed by atoms with E-state index in [-0.39, 0.29) is 6.09 Å². The van der Waals surface area contributed by atoms with Crippen LogP contribution in [-0.4, -0.2) is 52.0 Å². The van der Waals surface area contributed by atoms with Crippen molar-refractivity contribution < 1.29 is 9.53 Å². The van der Waals surface area contributed by atoms with Crippen LogP contribution in [-0.2, 0) is 11.3 Å². The average molecular weight is 305 g/mol. The second-order valence-electron chi connectivity index (χ2n) is 6.23. The lowest BCUT2D eigenvalue weighted by atomic mass is 10.2. The number of aryl methyl sites for hydroxylation is 1. The maximum Gasteiger partial charge on any atom is 0.410 e. The molecule has 7 nitrogen and oxygen atoms in total. The van der Waals surface area contributed by atoms with Crippen molar-refractivity contribution in [1.29, 1.82) is 0 Å². The molecule has 1 aliphatic heterocycles. The van der Waals surface area contributed by atoms with Gasteiger partial charge >= 0.3 is 6.09 Å². The first kappa shape index (κ1) is 16.2. The van der Waals surface area contributed by atoms with Crippen molar-refractivity contribution in [3.8, 4) is 0 Å². The Balaban J connectivity index is 1.86. The number of hydrogen-bond acceptors (Lipinski definition) is 6. The van der Waals surface area contributed by atoms with E-state index in [1.54, 1.807) is 17.3 Å². The first-order valence-electron chi connectivity index (χ1n) is 7.36. The summed E-state index contributed by atoms with van der Waals surface area (Å²) in [6.45, 7) is 9.58. The Hall–Kier alpha value is -2.18.